The second kappa shape index (κ2) is 14.7. The highest BCUT2D eigenvalue weighted by Gasteiger charge is 2.33. The second-order valence-electron chi connectivity index (χ2n) is 12.0. The lowest BCUT2D eigenvalue weighted by Gasteiger charge is -2.29. The Hall–Kier alpha value is -5.30. The minimum absolute atomic E-state index is 0.0600. The monoisotopic (exact) mass is 735 g/mol. The first-order valence-electron chi connectivity index (χ1n) is 15.8. The molecular weight excluding hydrogens is 707 g/mol. The van der Waals surface area contributed by atoms with Gasteiger partial charge in [-0.3, -0.25) is 0 Å². The van der Waals surface area contributed by atoms with E-state index in [1.54, 1.807) is 97.1 Å². The van der Waals surface area contributed by atoms with Crippen LogP contribution in [0.3, 0.4) is 0 Å². The number of hydrogen-bond donors (Lipinski definition) is 0. The Kier molecular flexibility index (Phi) is 10.3. The van der Waals surface area contributed by atoms with Gasteiger partial charge in [-0.05, 0) is 40.4 Å². The molecule has 3 aromatic heterocycles. The van der Waals surface area contributed by atoms with Gasteiger partial charge in [0, 0.05) is 41.0 Å². The van der Waals surface area contributed by atoms with Crippen LogP contribution in [0.4, 0.5) is 26.3 Å². The van der Waals surface area contributed by atoms with E-state index < -0.39 is 39.2 Å². The van der Waals surface area contributed by atoms with Crippen LogP contribution in [0, 0.1) is 0 Å². The van der Waals surface area contributed by atoms with Crippen molar-refractivity contribution >= 4 is 7.60 Å². The zero-order chi connectivity index (χ0) is 37.1. The van der Waals surface area contributed by atoms with Crippen LogP contribution in [0.25, 0.3) is 56.4 Å². The number of alkyl halides is 6. The number of nitrogens with zero attached hydrogens (tertiary/aromatic N) is 5. The van der Waals surface area contributed by atoms with Gasteiger partial charge in [-0.25, -0.2) is 15.0 Å². The Morgan fingerprint density at radius 3 is 1.08 bits per heavy atom. The van der Waals surface area contributed by atoms with Crippen molar-refractivity contribution in [1.82, 2.24) is 15.0 Å². The first-order valence-corrected chi connectivity index (χ1v) is 17.5. The van der Waals surface area contributed by atoms with Gasteiger partial charge in [0.25, 0.3) is 0 Å². The Labute approximate surface area is 293 Å². The van der Waals surface area contributed by atoms with Crippen LogP contribution in [0.2, 0.25) is 0 Å². The molecule has 8 nitrogen and oxygen atoms in total. The van der Waals surface area contributed by atoms with Crippen LogP contribution in [-0.2, 0) is 24.1 Å². The number of aryl methyl sites for hydroxylation is 1. The summed E-state index contributed by atoms with van der Waals surface area (Å²) in [6.45, 7) is -2.19. The molecule has 6 aromatic rings. The molecule has 0 saturated heterocycles. The standard InChI is InChI=1S/C37H28F6N5O3P/c38-36(39,40)23-47-18-13-28(14-19-47)26-5-9-31(10-6-26)34-44-33(30-3-1-25(2-4-30)17-22-52(49,50)51)45-35(46-34)32-11-7-27(8-12-32)29-15-20-48(21-16-29)24-37(41,42)43/h1-16,18-21H,17,22-24H2. The lowest BCUT2D eigenvalue weighted by molar-refractivity contribution is -0.719. The number of halogens is 6. The van der Waals surface area contributed by atoms with Crippen LogP contribution in [0.15, 0.2) is 122 Å². The number of rotatable bonds is 10. The Balaban J connectivity index is 1.31. The van der Waals surface area contributed by atoms with Gasteiger partial charge in [-0.2, -0.15) is 35.5 Å². The molecule has 0 aliphatic heterocycles. The zero-order valence-corrected chi connectivity index (χ0v) is 27.9. The molecule has 0 N–H and O–H groups in total. The van der Waals surface area contributed by atoms with E-state index in [1.165, 1.54) is 24.8 Å². The van der Waals surface area contributed by atoms with Gasteiger partial charge in [-0.15, -0.1) is 0 Å². The highest BCUT2D eigenvalue weighted by Crippen LogP contribution is 2.30. The molecule has 0 unspecified atom stereocenters. The smallest absolute Gasteiger partial charge is 0.448 e. The molecular formula is C37H28F6N5O3P. The van der Waals surface area contributed by atoms with E-state index in [-0.39, 0.29) is 6.42 Å². The normalized spacial score (nSPS) is 12.2. The summed E-state index contributed by atoms with van der Waals surface area (Å²) < 4.78 is 89.9. The first kappa shape index (κ1) is 36.5. The van der Waals surface area contributed by atoms with Crippen molar-refractivity contribution in [3.8, 4) is 56.4 Å². The lowest BCUT2D eigenvalue weighted by atomic mass is 10.0. The van der Waals surface area contributed by atoms with E-state index in [0.29, 0.717) is 50.9 Å². The molecule has 3 heterocycles. The van der Waals surface area contributed by atoms with Crippen molar-refractivity contribution < 1.29 is 49.8 Å². The van der Waals surface area contributed by atoms with Gasteiger partial charge in [0.15, 0.2) is 42.3 Å². The van der Waals surface area contributed by atoms with Crippen molar-refractivity contribution in [3.63, 3.8) is 0 Å². The summed E-state index contributed by atoms with van der Waals surface area (Å²) in [7, 11) is -4.67. The molecule has 0 bridgehead atoms. The van der Waals surface area contributed by atoms with Crippen LogP contribution >= 0.6 is 7.60 Å². The van der Waals surface area contributed by atoms with Gasteiger partial charge in [0.2, 0.25) is 13.1 Å². The van der Waals surface area contributed by atoms with E-state index in [1.807, 2.05) is 0 Å². The molecule has 266 valence electrons. The molecule has 0 amide bonds. The van der Waals surface area contributed by atoms with Crippen LogP contribution in [-0.4, -0.2) is 33.5 Å². The summed E-state index contributed by atoms with van der Waals surface area (Å²) in [6, 6.07) is 27.5. The summed E-state index contributed by atoms with van der Waals surface area (Å²) in [4.78, 5) is 36.4. The number of pyridine rings is 2. The number of hydrogen-bond acceptors (Lipinski definition) is 6. The molecule has 0 atom stereocenters. The van der Waals surface area contributed by atoms with E-state index in [4.69, 9.17) is 15.0 Å². The molecule has 0 aliphatic rings. The van der Waals surface area contributed by atoms with Crippen LogP contribution < -0.4 is 18.9 Å². The third-order valence-electron chi connectivity index (χ3n) is 7.98. The van der Waals surface area contributed by atoms with Crippen molar-refractivity contribution in [2.45, 2.75) is 31.9 Å². The van der Waals surface area contributed by atoms with Crippen molar-refractivity contribution in [3.05, 3.63) is 127 Å². The Bertz CT molecular complexity index is 2070. The average Bonchev–Trinajstić information content (AvgIpc) is 3.10. The zero-order valence-electron chi connectivity index (χ0n) is 27.1. The fourth-order valence-electron chi connectivity index (χ4n) is 5.40. The highest BCUT2D eigenvalue weighted by molar-refractivity contribution is 7.48. The Morgan fingerprint density at radius 2 is 0.769 bits per heavy atom. The maximum Gasteiger partial charge on any atom is 0.448 e. The largest absolute Gasteiger partial charge is 0.811 e. The summed E-state index contributed by atoms with van der Waals surface area (Å²) in [5.41, 5.74) is 5.43. The average molecular weight is 736 g/mol. The second-order valence-corrected chi connectivity index (χ2v) is 13.7. The van der Waals surface area contributed by atoms with E-state index in [0.717, 1.165) is 20.3 Å². The van der Waals surface area contributed by atoms with Gasteiger partial charge in [0.1, 0.15) is 0 Å². The topological polar surface area (TPSA) is 110 Å². The highest BCUT2D eigenvalue weighted by atomic mass is 31.2. The molecule has 0 aliphatic carbocycles. The maximum atomic E-state index is 12.8. The summed E-state index contributed by atoms with van der Waals surface area (Å²) in [5.74, 6) is 0.964. The summed E-state index contributed by atoms with van der Waals surface area (Å²) in [6.07, 6.45) is -3.68. The molecule has 52 heavy (non-hydrogen) atoms. The minimum atomic E-state index is -4.67. The van der Waals surface area contributed by atoms with E-state index >= 15 is 0 Å². The third kappa shape index (κ3) is 9.93. The summed E-state index contributed by atoms with van der Waals surface area (Å²) >= 11 is 0. The quantitative estimate of drug-likeness (QED) is 0.0921. The van der Waals surface area contributed by atoms with Gasteiger partial charge in [0.05, 0.1) is 0 Å². The van der Waals surface area contributed by atoms with Crippen molar-refractivity contribution in [2.75, 3.05) is 6.16 Å². The predicted octanol–water partition coefficient (Wildman–Crippen LogP) is 6.36. The molecule has 15 heteroatoms. The first-order chi connectivity index (χ1) is 24.6. The molecule has 0 spiro atoms. The van der Waals surface area contributed by atoms with Gasteiger partial charge < -0.3 is 14.4 Å². The number of benzene rings is 3. The molecule has 0 saturated carbocycles. The van der Waals surface area contributed by atoms with Crippen LogP contribution in [0.5, 0.6) is 0 Å². The fraction of sp³-hybridized carbons (Fsp3) is 0.162. The maximum absolute atomic E-state index is 12.8. The SMILES string of the molecule is O=P([O-])([O-])CCc1ccc(-c2nc(-c3ccc(-c4cc[n+](CC(F)(F)F)cc4)cc3)nc(-c3ccc(-c4cc[n+](CC(F)(F)F)cc4)cc3)n2)cc1. The van der Waals surface area contributed by atoms with Gasteiger partial charge in [-0.1, -0.05) is 80.4 Å². The Morgan fingerprint density at radius 1 is 0.481 bits per heavy atom. The fourth-order valence-corrected chi connectivity index (χ4v) is 5.93. The third-order valence-corrected chi connectivity index (χ3v) is 8.75. The van der Waals surface area contributed by atoms with Crippen LogP contribution in [0.1, 0.15) is 5.56 Å². The van der Waals surface area contributed by atoms with E-state index in [9.17, 15) is 40.7 Å². The molecule has 0 radical (unpaired) electrons. The minimum Gasteiger partial charge on any atom is -0.811 e. The lowest BCUT2D eigenvalue weighted by Crippen LogP contribution is -2.40. The molecule has 6 rings (SSSR count). The molecule has 0 fully saturated rings. The van der Waals surface area contributed by atoms with Crippen molar-refractivity contribution in [1.29, 1.82) is 0 Å². The van der Waals surface area contributed by atoms with Gasteiger partial charge >= 0.3 is 12.4 Å². The number of aromatic nitrogens is 5. The molecule has 3 aromatic carbocycles. The predicted molar refractivity (Wildman–Crippen MR) is 176 cm³/mol. The summed E-state index contributed by atoms with van der Waals surface area (Å²) in [5, 5.41) is 0. The van der Waals surface area contributed by atoms with Crippen molar-refractivity contribution in [2.24, 2.45) is 0 Å². The van der Waals surface area contributed by atoms with E-state index in [2.05, 4.69) is 0 Å².